The lowest BCUT2D eigenvalue weighted by Gasteiger charge is -2.12. The van der Waals surface area contributed by atoms with E-state index in [0.717, 1.165) is 0 Å². The average molecular weight is 313 g/mol. The molecule has 0 aliphatic carbocycles. The molecule has 0 heterocycles. The summed E-state index contributed by atoms with van der Waals surface area (Å²) in [5, 5.41) is 8.68. The first kappa shape index (κ1) is 17.3. The number of nitrogens with one attached hydrogen (secondary N) is 1. The maximum absolute atomic E-state index is 11.9. The van der Waals surface area contributed by atoms with Gasteiger partial charge in [0.2, 0.25) is 10.0 Å². The molecule has 0 aromatic heterocycles. The standard InChI is InChI=1S/C14H19NO5S/c1-3-20-9-10-21(17,18)15-13-11-12(5-4-8-16)6-7-14(13)19-2/h6-7,11,15-16H,3,8-10H2,1-2H3. The lowest BCUT2D eigenvalue weighted by Crippen LogP contribution is -2.20. The molecular formula is C14H19NO5S. The summed E-state index contributed by atoms with van der Waals surface area (Å²) in [5.41, 5.74) is 0.881. The van der Waals surface area contributed by atoms with Gasteiger partial charge in [-0.15, -0.1) is 0 Å². The molecule has 21 heavy (non-hydrogen) atoms. The van der Waals surface area contributed by atoms with Gasteiger partial charge < -0.3 is 14.6 Å². The highest BCUT2D eigenvalue weighted by molar-refractivity contribution is 7.92. The molecule has 2 N–H and O–H groups in total. The fourth-order valence-electron chi connectivity index (χ4n) is 1.54. The number of hydrogen-bond donors (Lipinski definition) is 2. The van der Waals surface area contributed by atoms with Gasteiger partial charge in [-0.25, -0.2) is 8.42 Å². The van der Waals surface area contributed by atoms with Gasteiger partial charge in [0.15, 0.2) is 0 Å². The Kier molecular flexibility index (Phi) is 7.02. The van der Waals surface area contributed by atoms with Crippen LogP contribution >= 0.6 is 0 Å². The number of ether oxygens (including phenoxy) is 2. The summed E-state index contributed by atoms with van der Waals surface area (Å²) in [4.78, 5) is 0. The number of benzene rings is 1. The first-order chi connectivity index (χ1) is 10.0. The SMILES string of the molecule is CCOCCS(=O)(=O)Nc1cc(C#CCO)ccc1OC. The van der Waals surface area contributed by atoms with Gasteiger partial charge in [0, 0.05) is 12.2 Å². The first-order valence-electron chi connectivity index (χ1n) is 6.38. The van der Waals surface area contributed by atoms with E-state index in [9.17, 15) is 8.42 Å². The summed E-state index contributed by atoms with van der Waals surface area (Å²) in [7, 11) is -2.08. The van der Waals surface area contributed by atoms with Crippen molar-refractivity contribution in [2.24, 2.45) is 0 Å². The second kappa shape index (κ2) is 8.52. The normalized spacial score (nSPS) is 10.6. The highest BCUT2D eigenvalue weighted by Gasteiger charge is 2.13. The minimum absolute atomic E-state index is 0.123. The molecule has 0 saturated carbocycles. The van der Waals surface area contributed by atoms with Gasteiger partial charge in [0.05, 0.1) is 25.2 Å². The smallest absolute Gasteiger partial charge is 0.235 e. The van der Waals surface area contributed by atoms with E-state index in [1.54, 1.807) is 25.1 Å². The predicted octanol–water partition coefficient (Wildman–Crippen LogP) is 0.817. The zero-order chi connectivity index (χ0) is 15.7. The minimum atomic E-state index is -3.53. The lowest BCUT2D eigenvalue weighted by molar-refractivity contribution is 0.163. The van der Waals surface area contributed by atoms with Crippen LogP contribution in [0.5, 0.6) is 5.75 Å². The number of anilines is 1. The Balaban J connectivity index is 2.94. The van der Waals surface area contributed by atoms with Gasteiger partial charge in [0.1, 0.15) is 12.4 Å². The molecule has 0 amide bonds. The molecule has 7 heteroatoms. The molecule has 0 fully saturated rings. The maximum atomic E-state index is 11.9. The molecule has 0 bridgehead atoms. The second-order valence-electron chi connectivity index (χ2n) is 3.99. The topological polar surface area (TPSA) is 84.9 Å². The van der Waals surface area contributed by atoms with Gasteiger partial charge in [-0.05, 0) is 25.1 Å². The zero-order valence-corrected chi connectivity index (χ0v) is 12.9. The van der Waals surface area contributed by atoms with Crippen LogP contribution in [0.25, 0.3) is 0 Å². The van der Waals surface area contributed by atoms with E-state index < -0.39 is 10.0 Å². The van der Waals surface area contributed by atoms with Crippen molar-refractivity contribution in [3.8, 4) is 17.6 Å². The van der Waals surface area contributed by atoms with Gasteiger partial charge in [-0.3, -0.25) is 4.72 Å². The first-order valence-corrected chi connectivity index (χ1v) is 8.03. The third kappa shape index (κ3) is 6.04. The molecule has 0 spiro atoms. The van der Waals surface area contributed by atoms with Gasteiger partial charge in [0.25, 0.3) is 0 Å². The average Bonchev–Trinajstić information content (AvgIpc) is 2.45. The summed E-state index contributed by atoms with van der Waals surface area (Å²) >= 11 is 0. The van der Waals surface area contributed by atoms with E-state index in [1.165, 1.54) is 7.11 Å². The Hall–Kier alpha value is -1.75. The van der Waals surface area contributed by atoms with E-state index >= 15 is 0 Å². The van der Waals surface area contributed by atoms with Crippen LogP contribution in [0, 0.1) is 11.8 Å². The fraction of sp³-hybridized carbons (Fsp3) is 0.429. The van der Waals surface area contributed by atoms with Gasteiger partial charge >= 0.3 is 0 Å². The number of methoxy groups -OCH3 is 1. The molecule has 0 atom stereocenters. The van der Waals surface area contributed by atoms with Crippen molar-refractivity contribution in [1.82, 2.24) is 0 Å². The molecule has 0 radical (unpaired) electrons. The summed E-state index contributed by atoms with van der Waals surface area (Å²) in [6, 6.07) is 4.85. The molecule has 0 saturated heterocycles. The van der Waals surface area contributed by atoms with Crippen molar-refractivity contribution in [1.29, 1.82) is 0 Å². The number of sulfonamides is 1. The predicted molar refractivity (Wildman–Crippen MR) is 80.9 cm³/mol. The second-order valence-corrected chi connectivity index (χ2v) is 5.83. The molecule has 1 rings (SSSR count). The van der Waals surface area contributed by atoms with Crippen LogP contribution in [-0.2, 0) is 14.8 Å². The van der Waals surface area contributed by atoms with Crippen molar-refractivity contribution in [2.45, 2.75) is 6.92 Å². The van der Waals surface area contributed by atoms with Gasteiger partial charge in [-0.1, -0.05) is 11.8 Å². The molecular weight excluding hydrogens is 294 g/mol. The maximum Gasteiger partial charge on any atom is 0.235 e. The molecule has 6 nitrogen and oxygen atoms in total. The van der Waals surface area contributed by atoms with Crippen molar-refractivity contribution >= 4 is 15.7 Å². The third-order valence-electron chi connectivity index (χ3n) is 2.48. The number of aliphatic hydroxyl groups is 1. The Morgan fingerprint density at radius 3 is 2.76 bits per heavy atom. The third-order valence-corrected chi connectivity index (χ3v) is 3.71. The fourth-order valence-corrected chi connectivity index (χ4v) is 2.47. The van der Waals surface area contributed by atoms with Crippen molar-refractivity contribution in [2.75, 3.05) is 37.4 Å². The molecule has 1 aromatic carbocycles. The number of hydrogen-bond acceptors (Lipinski definition) is 5. The lowest BCUT2D eigenvalue weighted by atomic mass is 10.2. The molecule has 0 aliphatic heterocycles. The highest BCUT2D eigenvalue weighted by Crippen LogP contribution is 2.26. The summed E-state index contributed by atoms with van der Waals surface area (Å²) in [5.74, 6) is 5.46. The monoisotopic (exact) mass is 313 g/mol. The largest absolute Gasteiger partial charge is 0.495 e. The van der Waals surface area contributed by atoms with Gasteiger partial charge in [-0.2, -0.15) is 0 Å². The van der Waals surface area contributed by atoms with E-state index in [4.69, 9.17) is 14.6 Å². The Labute approximate surface area is 125 Å². The van der Waals surface area contributed by atoms with Crippen LogP contribution in [0.1, 0.15) is 12.5 Å². The quantitative estimate of drug-likeness (QED) is 0.575. The van der Waals surface area contributed by atoms with E-state index in [-0.39, 0.29) is 19.0 Å². The van der Waals surface area contributed by atoms with Crippen LogP contribution in [0.15, 0.2) is 18.2 Å². The van der Waals surface area contributed by atoms with E-state index in [1.807, 2.05) is 0 Å². The van der Waals surface area contributed by atoms with Crippen LogP contribution in [0.2, 0.25) is 0 Å². The van der Waals surface area contributed by atoms with Crippen LogP contribution in [-0.4, -0.2) is 46.2 Å². The molecule has 1 aromatic rings. The number of aliphatic hydroxyl groups excluding tert-OH is 1. The summed E-state index contributed by atoms with van der Waals surface area (Å²) in [6.45, 7) is 2.12. The molecule has 0 aliphatic rings. The van der Waals surface area contributed by atoms with E-state index in [2.05, 4.69) is 16.6 Å². The van der Waals surface area contributed by atoms with Crippen molar-refractivity contribution in [3.63, 3.8) is 0 Å². The zero-order valence-electron chi connectivity index (χ0n) is 12.0. The highest BCUT2D eigenvalue weighted by atomic mass is 32.2. The van der Waals surface area contributed by atoms with Crippen LogP contribution in [0.4, 0.5) is 5.69 Å². The molecule has 116 valence electrons. The van der Waals surface area contributed by atoms with Crippen LogP contribution in [0.3, 0.4) is 0 Å². The van der Waals surface area contributed by atoms with Crippen molar-refractivity contribution < 1.29 is 23.0 Å². The summed E-state index contributed by atoms with van der Waals surface area (Å²) in [6.07, 6.45) is 0. The summed E-state index contributed by atoms with van der Waals surface area (Å²) < 4.78 is 36.5. The van der Waals surface area contributed by atoms with Crippen molar-refractivity contribution in [3.05, 3.63) is 23.8 Å². The molecule has 0 unspecified atom stereocenters. The minimum Gasteiger partial charge on any atom is -0.495 e. The van der Waals surface area contributed by atoms with E-state index in [0.29, 0.717) is 23.6 Å². The number of rotatable bonds is 7. The Morgan fingerprint density at radius 2 is 2.14 bits per heavy atom. The Bertz CT molecular complexity index is 616. The van der Waals surface area contributed by atoms with Crippen LogP contribution < -0.4 is 9.46 Å². The Morgan fingerprint density at radius 1 is 1.38 bits per heavy atom.